The first-order valence-corrected chi connectivity index (χ1v) is 6.50. The van der Waals surface area contributed by atoms with Crippen LogP contribution in [0, 0.1) is 6.92 Å². The molecule has 0 aliphatic carbocycles. The predicted octanol–water partition coefficient (Wildman–Crippen LogP) is 2.43. The second-order valence-corrected chi connectivity index (χ2v) is 5.09. The topological polar surface area (TPSA) is 93.4 Å². The molecule has 20 heavy (non-hydrogen) atoms. The Morgan fingerprint density at radius 3 is 2.70 bits per heavy atom. The number of imidazole rings is 1. The van der Waals surface area contributed by atoms with Crippen LogP contribution in [0.5, 0.6) is 0 Å². The Hall–Kier alpha value is -2.50. The van der Waals surface area contributed by atoms with Crippen LogP contribution in [0.4, 0.5) is 5.82 Å². The summed E-state index contributed by atoms with van der Waals surface area (Å²) in [6, 6.07) is 3.80. The number of aromatic amines is 1. The molecule has 0 aliphatic rings. The molecule has 0 radical (unpaired) electrons. The van der Waals surface area contributed by atoms with Gasteiger partial charge >= 0.3 is 0 Å². The number of pyridine rings is 1. The molecule has 3 N–H and O–H groups in total. The Morgan fingerprint density at radius 2 is 2.00 bits per heavy atom. The third-order valence-corrected chi connectivity index (χ3v) is 3.09. The molecule has 0 amide bonds. The molecule has 0 unspecified atom stereocenters. The molecule has 0 atom stereocenters. The normalized spacial score (nSPS) is 11.4. The first kappa shape index (κ1) is 12.5. The summed E-state index contributed by atoms with van der Waals surface area (Å²) in [5.41, 5.74) is 9.11. The third-order valence-electron chi connectivity index (χ3n) is 3.09. The summed E-state index contributed by atoms with van der Waals surface area (Å²) < 4.78 is 0. The summed E-state index contributed by atoms with van der Waals surface area (Å²) in [4.78, 5) is 20.7. The number of fused-ring (bicyclic) bond motifs is 1. The van der Waals surface area contributed by atoms with Gasteiger partial charge in [-0.05, 0) is 19.1 Å². The van der Waals surface area contributed by atoms with Crippen molar-refractivity contribution in [2.75, 3.05) is 5.73 Å². The molecule has 0 bridgehead atoms. The van der Waals surface area contributed by atoms with Crippen molar-refractivity contribution >= 4 is 17.0 Å². The zero-order valence-electron chi connectivity index (χ0n) is 11.7. The van der Waals surface area contributed by atoms with Crippen LogP contribution in [0.2, 0.25) is 0 Å². The number of hydrogen-bond acceptors (Lipinski definition) is 5. The number of H-pyrrole nitrogens is 1. The first-order chi connectivity index (χ1) is 9.54. The van der Waals surface area contributed by atoms with Crippen molar-refractivity contribution in [3.63, 3.8) is 0 Å². The van der Waals surface area contributed by atoms with Crippen molar-refractivity contribution in [2.24, 2.45) is 0 Å². The molecule has 0 saturated carbocycles. The number of aromatic nitrogens is 5. The number of anilines is 1. The number of nitrogens with one attached hydrogen (secondary N) is 1. The zero-order chi connectivity index (χ0) is 14.3. The van der Waals surface area contributed by atoms with Crippen molar-refractivity contribution in [2.45, 2.75) is 26.7 Å². The highest BCUT2D eigenvalue weighted by Gasteiger charge is 2.13. The van der Waals surface area contributed by atoms with Crippen LogP contribution >= 0.6 is 0 Å². The van der Waals surface area contributed by atoms with Crippen molar-refractivity contribution < 1.29 is 0 Å². The van der Waals surface area contributed by atoms with Gasteiger partial charge < -0.3 is 10.7 Å². The lowest BCUT2D eigenvalue weighted by Gasteiger charge is -2.02. The first-order valence-electron chi connectivity index (χ1n) is 6.50. The predicted molar refractivity (Wildman–Crippen MR) is 78.2 cm³/mol. The number of rotatable bonds is 2. The van der Waals surface area contributed by atoms with Gasteiger partial charge in [0.15, 0.2) is 17.3 Å². The Kier molecular flexibility index (Phi) is 2.85. The monoisotopic (exact) mass is 268 g/mol. The largest absolute Gasteiger partial charge is 0.382 e. The van der Waals surface area contributed by atoms with Gasteiger partial charge in [-0.3, -0.25) is 4.98 Å². The van der Waals surface area contributed by atoms with Crippen LogP contribution in [0.3, 0.4) is 0 Å². The van der Waals surface area contributed by atoms with Crippen LogP contribution in [0.1, 0.15) is 31.3 Å². The van der Waals surface area contributed by atoms with E-state index in [-0.39, 0.29) is 5.92 Å². The van der Waals surface area contributed by atoms with Crippen LogP contribution in [0.15, 0.2) is 18.3 Å². The highest BCUT2D eigenvalue weighted by molar-refractivity contribution is 5.83. The Labute approximate surface area is 116 Å². The van der Waals surface area contributed by atoms with Gasteiger partial charge in [0.1, 0.15) is 11.3 Å². The lowest BCUT2D eigenvalue weighted by atomic mass is 10.2. The fraction of sp³-hybridized carbons (Fsp3) is 0.286. The quantitative estimate of drug-likeness (QED) is 0.744. The molecular weight excluding hydrogens is 252 g/mol. The van der Waals surface area contributed by atoms with Gasteiger partial charge in [-0.25, -0.2) is 15.0 Å². The van der Waals surface area contributed by atoms with E-state index in [1.54, 1.807) is 6.20 Å². The summed E-state index contributed by atoms with van der Waals surface area (Å²) in [6.07, 6.45) is 1.74. The van der Waals surface area contributed by atoms with Gasteiger partial charge in [-0.15, -0.1) is 0 Å². The fourth-order valence-electron chi connectivity index (χ4n) is 2.03. The van der Waals surface area contributed by atoms with Gasteiger partial charge in [0, 0.05) is 23.4 Å². The molecule has 3 heterocycles. The van der Waals surface area contributed by atoms with Gasteiger partial charge in [0.2, 0.25) is 0 Å². The van der Waals surface area contributed by atoms with E-state index in [2.05, 4.69) is 38.8 Å². The average molecular weight is 268 g/mol. The van der Waals surface area contributed by atoms with Crippen LogP contribution < -0.4 is 5.73 Å². The minimum absolute atomic E-state index is 0.287. The molecular formula is C14H16N6. The summed E-state index contributed by atoms with van der Waals surface area (Å²) in [6.45, 7) is 6.06. The fourth-order valence-corrected chi connectivity index (χ4v) is 2.03. The Bertz CT molecular complexity index is 774. The second-order valence-electron chi connectivity index (χ2n) is 5.09. The number of nitrogen functional groups attached to an aromatic ring is 1. The highest BCUT2D eigenvalue weighted by atomic mass is 15.1. The van der Waals surface area contributed by atoms with Crippen molar-refractivity contribution in [1.82, 2.24) is 24.9 Å². The third kappa shape index (κ3) is 2.09. The zero-order valence-corrected chi connectivity index (χ0v) is 11.7. The SMILES string of the molecule is Cc1cc(-c2nc(N)c3nc(C(C)C)[nH]c3n2)ccn1. The van der Waals surface area contributed by atoms with Crippen LogP contribution in [-0.2, 0) is 0 Å². The maximum Gasteiger partial charge on any atom is 0.164 e. The van der Waals surface area contributed by atoms with Gasteiger partial charge in [0.05, 0.1) is 0 Å². The molecule has 3 aromatic heterocycles. The molecule has 0 aromatic carbocycles. The van der Waals surface area contributed by atoms with E-state index >= 15 is 0 Å². The highest BCUT2D eigenvalue weighted by Crippen LogP contribution is 2.23. The molecule has 102 valence electrons. The molecule has 6 heteroatoms. The Balaban J connectivity index is 2.18. The maximum absolute atomic E-state index is 6.00. The minimum Gasteiger partial charge on any atom is -0.382 e. The molecule has 3 aromatic rings. The summed E-state index contributed by atoms with van der Waals surface area (Å²) in [5, 5.41) is 0. The summed E-state index contributed by atoms with van der Waals surface area (Å²) in [5.74, 6) is 2.13. The van der Waals surface area contributed by atoms with Gasteiger partial charge in [0.25, 0.3) is 0 Å². The van der Waals surface area contributed by atoms with Crippen LogP contribution in [0.25, 0.3) is 22.6 Å². The maximum atomic E-state index is 6.00. The van der Waals surface area contributed by atoms with Crippen molar-refractivity contribution in [1.29, 1.82) is 0 Å². The second kappa shape index (κ2) is 4.56. The summed E-state index contributed by atoms with van der Waals surface area (Å²) in [7, 11) is 0. The van der Waals surface area contributed by atoms with Gasteiger partial charge in [-0.1, -0.05) is 13.8 Å². The number of nitrogens with two attached hydrogens (primary N) is 1. The van der Waals surface area contributed by atoms with Crippen molar-refractivity contribution in [3.05, 3.63) is 29.8 Å². The minimum atomic E-state index is 0.287. The smallest absolute Gasteiger partial charge is 0.164 e. The molecule has 3 rings (SSSR count). The van der Waals surface area contributed by atoms with E-state index in [0.717, 1.165) is 17.1 Å². The molecule has 0 fully saturated rings. The number of nitrogens with zero attached hydrogens (tertiary/aromatic N) is 4. The van der Waals surface area contributed by atoms with E-state index in [1.165, 1.54) is 0 Å². The lowest BCUT2D eigenvalue weighted by molar-refractivity contribution is 0.798. The standard InChI is InChI=1S/C14H16N6/c1-7(2)12-17-10-11(15)18-13(20-14(10)19-12)9-4-5-16-8(3)6-9/h4-7H,1-3H3,(H3,15,17,18,19,20). The average Bonchev–Trinajstić information content (AvgIpc) is 2.83. The van der Waals surface area contributed by atoms with Crippen molar-refractivity contribution in [3.8, 4) is 11.4 Å². The van der Waals surface area contributed by atoms with Crippen LogP contribution in [-0.4, -0.2) is 24.9 Å². The van der Waals surface area contributed by atoms with E-state index in [4.69, 9.17) is 5.73 Å². The Morgan fingerprint density at radius 1 is 1.20 bits per heavy atom. The van der Waals surface area contributed by atoms with E-state index in [0.29, 0.717) is 22.8 Å². The number of hydrogen-bond donors (Lipinski definition) is 2. The number of aryl methyl sites for hydroxylation is 1. The van der Waals surface area contributed by atoms with Gasteiger partial charge in [-0.2, -0.15) is 0 Å². The van der Waals surface area contributed by atoms with E-state index in [9.17, 15) is 0 Å². The molecule has 0 saturated heterocycles. The molecule has 0 aliphatic heterocycles. The van der Waals surface area contributed by atoms with E-state index < -0.39 is 0 Å². The molecule has 6 nitrogen and oxygen atoms in total. The lowest BCUT2D eigenvalue weighted by Crippen LogP contribution is -1.98. The molecule has 0 spiro atoms. The van der Waals surface area contributed by atoms with E-state index in [1.807, 2.05) is 19.1 Å². The summed E-state index contributed by atoms with van der Waals surface area (Å²) >= 11 is 0.